The van der Waals surface area contributed by atoms with Crippen molar-refractivity contribution in [3.8, 4) is 25.7 Å². The van der Waals surface area contributed by atoms with E-state index in [0.717, 1.165) is 56.6 Å². The van der Waals surface area contributed by atoms with E-state index in [1.54, 1.807) is 0 Å². The van der Waals surface area contributed by atoms with Crippen LogP contribution in [0.1, 0.15) is 74.4 Å². The summed E-state index contributed by atoms with van der Waals surface area (Å²) >= 11 is 0. The van der Waals surface area contributed by atoms with Crippen LogP contribution in [-0.2, 0) is 17.6 Å². The van der Waals surface area contributed by atoms with Crippen molar-refractivity contribution < 1.29 is 23.1 Å². The summed E-state index contributed by atoms with van der Waals surface area (Å²) in [7, 11) is 0. The molecule has 1 aliphatic carbocycles. The molecule has 1 saturated heterocycles. The molecule has 7 nitrogen and oxygen atoms in total. The normalized spacial score (nSPS) is 14.4. The van der Waals surface area contributed by atoms with Crippen LogP contribution in [0.25, 0.3) is 5.57 Å². The lowest BCUT2D eigenvalue weighted by Gasteiger charge is -2.36. The topological polar surface area (TPSA) is 94.7 Å². The summed E-state index contributed by atoms with van der Waals surface area (Å²) in [6.45, 7) is 17.9. The third kappa shape index (κ3) is 23.8. The lowest BCUT2D eigenvalue weighted by atomic mass is 9.93. The SMILES string of the molecule is C#C.C#C.C=CNCC(F)(F)F.CC.CCCCc1ccccc1C.Cc1ccc(C2=CC=C(CN3CCN(CC(O)CC(Cc4ccccc4)C(N)=O)CC3)C2)nc1. The highest BCUT2D eigenvalue weighted by molar-refractivity contribution is 5.77. The first kappa shape index (κ1) is 53.9. The van der Waals surface area contributed by atoms with Crippen molar-refractivity contribution in [2.24, 2.45) is 11.7 Å². The number of nitrogens with one attached hydrogen (secondary N) is 1. The third-order valence-electron chi connectivity index (χ3n) is 9.33. The zero-order valence-electron chi connectivity index (χ0n) is 35.9. The number of carbonyl (C=O) groups excluding carboxylic acids is 1. The molecule has 2 aromatic carbocycles. The number of terminal acetylenes is 2. The van der Waals surface area contributed by atoms with Gasteiger partial charge in [-0.3, -0.25) is 19.6 Å². The van der Waals surface area contributed by atoms with Crippen LogP contribution in [0.4, 0.5) is 13.2 Å². The molecule has 1 aliphatic heterocycles. The zero-order valence-corrected chi connectivity index (χ0v) is 35.9. The highest BCUT2D eigenvalue weighted by Crippen LogP contribution is 2.28. The van der Waals surface area contributed by atoms with Crippen LogP contribution in [0.15, 0.2) is 103 Å². The van der Waals surface area contributed by atoms with Gasteiger partial charge in [-0.2, -0.15) is 13.2 Å². The minimum atomic E-state index is -4.13. The Morgan fingerprint density at radius 1 is 0.949 bits per heavy atom. The summed E-state index contributed by atoms with van der Waals surface area (Å²) in [5.41, 5.74) is 14.6. The standard InChI is InChI=1S/C28H36N4O2.C11H16.C4H6F3N.C2H6.2C2H2/c1-21-7-10-27(30-18-21)24-9-8-23(16-24)19-31-11-13-32(14-12-31)20-26(33)17-25(28(29)34)15-22-5-3-2-4-6-22;1-3-4-8-11-9-6-5-7-10(11)2;1-2-8-3-4(5,6)7;3*1-2/h2-10,18,25-26,33H,11-17,19-20H2,1H3,(H2,29,34);5-7,9H,3-4,8H2,1-2H3;2,8H,1,3H2;1-2H3;2*1-2H. The maximum Gasteiger partial charge on any atom is 0.405 e. The lowest BCUT2D eigenvalue weighted by molar-refractivity contribution is -0.123. The zero-order chi connectivity index (χ0) is 44.6. The fourth-order valence-corrected chi connectivity index (χ4v) is 6.29. The molecule has 0 spiro atoms. The van der Waals surface area contributed by atoms with Crippen LogP contribution >= 0.6 is 0 Å². The van der Waals surface area contributed by atoms with Gasteiger partial charge < -0.3 is 16.2 Å². The first-order valence-electron chi connectivity index (χ1n) is 20.3. The summed E-state index contributed by atoms with van der Waals surface area (Å²) in [5.74, 6) is -0.691. The van der Waals surface area contributed by atoms with Crippen molar-refractivity contribution >= 4 is 11.5 Å². The lowest BCUT2D eigenvalue weighted by Crippen LogP contribution is -2.49. The Morgan fingerprint density at radius 2 is 1.56 bits per heavy atom. The van der Waals surface area contributed by atoms with Crippen molar-refractivity contribution in [3.63, 3.8) is 0 Å². The fraction of sp³-hybridized carbons (Fsp3) is 0.429. The second-order valence-corrected chi connectivity index (χ2v) is 13.9. The third-order valence-corrected chi connectivity index (χ3v) is 9.33. The molecule has 2 atom stereocenters. The van der Waals surface area contributed by atoms with E-state index in [2.05, 4.69) is 116 Å². The number of allylic oxidation sites excluding steroid dienone is 3. The molecule has 2 heterocycles. The number of nitrogens with zero attached hydrogens (tertiary/aromatic N) is 3. The molecule has 1 amide bonds. The van der Waals surface area contributed by atoms with Crippen LogP contribution in [0, 0.1) is 45.5 Å². The molecular formula is C49H68F3N5O2. The van der Waals surface area contributed by atoms with Crippen molar-refractivity contribution in [1.82, 2.24) is 20.1 Å². The van der Waals surface area contributed by atoms with E-state index >= 15 is 0 Å². The fourth-order valence-electron chi connectivity index (χ4n) is 6.29. The van der Waals surface area contributed by atoms with Crippen LogP contribution in [0.2, 0.25) is 0 Å². The number of aromatic nitrogens is 1. The molecule has 0 radical (unpaired) electrons. The Hall–Kier alpha value is -5.13. The number of nitrogens with two attached hydrogens (primary N) is 1. The first-order valence-corrected chi connectivity index (χ1v) is 20.3. The molecular weight excluding hydrogens is 748 g/mol. The predicted molar refractivity (Wildman–Crippen MR) is 241 cm³/mol. The Bertz CT molecular complexity index is 1670. The number of unbranched alkanes of at least 4 members (excludes halogenated alkanes) is 1. The van der Waals surface area contributed by atoms with Crippen LogP contribution < -0.4 is 11.1 Å². The number of halogens is 3. The Kier molecular flexibility index (Phi) is 29.0. The number of primary amides is 1. The monoisotopic (exact) mass is 816 g/mol. The van der Waals surface area contributed by atoms with Gasteiger partial charge in [0.2, 0.25) is 5.91 Å². The predicted octanol–water partition coefficient (Wildman–Crippen LogP) is 8.96. The molecule has 59 heavy (non-hydrogen) atoms. The number of aliphatic hydroxyl groups excluding tert-OH is 1. The van der Waals surface area contributed by atoms with Gasteiger partial charge in [0.25, 0.3) is 0 Å². The van der Waals surface area contributed by atoms with Crippen molar-refractivity contribution in [2.45, 2.75) is 85.4 Å². The second kappa shape index (κ2) is 31.8. The Balaban J connectivity index is 0.00000110. The van der Waals surface area contributed by atoms with Gasteiger partial charge in [0.15, 0.2) is 0 Å². The van der Waals surface area contributed by atoms with Gasteiger partial charge in [-0.1, -0.05) is 112 Å². The Labute approximate surface area is 353 Å². The molecule has 0 bridgehead atoms. The molecule has 5 rings (SSSR count). The smallest absolute Gasteiger partial charge is 0.392 e. The largest absolute Gasteiger partial charge is 0.405 e. The van der Waals surface area contributed by atoms with Gasteiger partial charge in [0.1, 0.15) is 6.54 Å². The average molecular weight is 816 g/mol. The van der Waals surface area contributed by atoms with Crippen LogP contribution in [0.3, 0.4) is 0 Å². The molecule has 3 aromatic rings. The van der Waals surface area contributed by atoms with E-state index in [-0.39, 0.29) is 11.8 Å². The van der Waals surface area contributed by atoms with Crippen molar-refractivity contribution in [2.75, 3.05) is 45.8 Å². The summed E-state index contributed by atoms with van der Waals surface area (Å²) in [6, 6.07) is 22.7. The molecule has 4 N–H and O–H groups in total. The molecule has 1 aromatic heterocycles. The number of benzene rings is 2. The van der Waals surface area contributed by atoms with E-state index in [9.17, 15) is 23.1 Å². The van der Waals surface area contributed by atoms with Gasteiger partial charge in [-0.15, -0.1) is 25.7 Å². The molecule has 2 aliphatic rings. The number of alkyl halides is 3. The van der Waals surface area contributed by atoms with Gasteiger partial charge in [-0.25, -0.2) is 0 Å². The minimum absolute atomic E-state index is 0.341. The number of hydrogen-bond donors (Lipinski definition) is 3. The first-order chi connectivity index (χ1) is 28.4. The summed E-state index contributed by atoms with van der Waals surface area (Å²) in [4.78, 5) is 21.3. The number of aryl methyl sites for hydroxylation is 3. The summed E-state index contributed by atoms with van der Waals surface area (Å²) in [6.07, 6.45) is 24.5. The minimum Gasteiger partial charge on any atom is -0.392 e. The quantitative estimate of drug-likeness (QED) is 0.133. The van der Waals surface area contributed by atoms with E-state index in [1.165, 1.54) is 47.1 Å². The number of piperazine rings is 1. The number of aliphatic hydroxyl groups is 1. The molecule has 0 saturated carbocycles. The number of amides is 1. The number of carbonyl (C=O) groups is 1. The highest BCUT2D eigenvalue weighted by Gasteiger charge is 2.26. The molecule has 322 valence electrons. The van der Waals surface area contributed by atoms with Crippen LogP contribution in [0.5, 0.6) is 0 Å². The van der Waals surface area contributed by atoms with E-state index in [0.29, 0.717) is 19.4 Å². The van der Waals surface area contributed by atoms with Crippen LogP contribution in [-0.4, -0.2) is 83.9 Å². The van der Waals surface area contributed by atoms with Gasteiger partial charge in [0, 0.05) is 51.4 Å². The maximum absolute atomic E-state index is 11.9. The number of β-amino-alcohol motifs (C(OH)–C–C–N with tert-alkyl or cyclic N) is 1. The van der Waals surface area contributed by atoms with Gasteiger partial charge >= 0.3 is 6.18 Å². The van der Waals surface area contributed by atoms with E-state index < -0.39 is 18.8 Å². The number of hydrogen-bond acceptors (Lipinski definition) is 6. The van der Waals surface area contributed by atoms with E-state index in [1.807, 2.05) is 55.7 Å². The second-order valence-electron chi connectivity index (χ2n) is 13.9. The molecule has 2 unspecified atom stereocenters. The summed E-state index contributed by atoms with van der Waals surface area (Å²) < 4.78 is 33.4. The van der Waals surface area contributed by atoms with Crippen molar-refractivity contribution in [3.05, 3.63) is 131 Å². The summed E-state index contributed by atoms with van der Waals surface area (Å²) in [5, 5.41) is 12.6. The van der Waals surface area contributed by atoms with Gasteiger partial charge in [0.05, 0.1) is 11.8 Å². The maximum atomic E-state index is 11.9. The average Bonchev–Trinajstić information content (AvgIpc) is 3.71. The Morgan fingerprint density at radius 3 is 2.08 bits per heavy atom. The number of pyridine rings is 1. The van der Waals surface area contributed by atoms with Crippen molar-refractivity contribution in [1.29, 1.82) is 0 Å². The molecule has 10 heteroatoms. The highest BCUT2D eigenvalue weighted by atomic mass is 19.4. The van der Waals surface area contributed by atoms with E-state index in [4.69, 9.17) is 5.73 Å². The molecule has 1 fully saturated rings. The number of rotatable bonds is 15. The van der Waals surface area contributed by atoms with Gasteiger partial charge in [-0.05, 0) is 86.0 Å².